The molecule has 1 aromatic rings. The van der Waals surface area contributed by atoms with Crippen LogP contribution in [0.3, 0.4) is 0 Å². The van der Waals surface area contributed by atoms with Crippen LogP contribution < -0.4 is 0 Å². The molecule has 0 amide bonds. The third-order valence-corrected chi connectivity index (χ3v) is 3.61. The summed E-state index contributed by atoms with van der Waals surface area (Å²) < 4.78 is 0. The van der Waals surface area contributed by atoms with Crippen LogP contribution >= 0.6 is 11.6 Å². The second-order valence-electron chi connectivity index (χ2n) is 4.58. The first-order valence-corrected chi connectivity index (χ1v) is 7.20. The number of rotatable bonds is 7. The van der Waals surface area contributed by atoms with Crippen molar-refractivity contribution in [2.24, 2.45) is 0 Å². The van der Waals surface area contributed by atoms with Gasteiger partial charge < -0.3 is 0 Å². The molecule has 0 bridgehead atoms. The van der Waals surface area contributed by atoms with Gasteiger partial charge in [0.15, 0.2) is 0 Å². The molecule has 0 aromatic heterocycles. The van der Waals surface area contributed by atoms with Gasteiger partial charge in [0.2, 0.25) is 0 Å². The quantitative estimate of drug-likeness (QED) is 0.680. The molecule has 1 nitrogen and oxygen atoms in total. The van der Waals surface area contributed by atoms with Crippen LogP contribution in [0.2, 0.25) is 5.02 Å². The van der Waals surface area contributed by atoms with E-state index in [1.54, 1.807) is 0 Å². The summed E-state index contributed by atoms with van der Waals surface area (Å²) in [6.07, 6.45) is 2.27. The number of nitrogens with zero attached hydrogens (tertiary/aromatic N) is 1. The monoisotopic (exact) mass is 265 g/mol. The standard InChI is InChI=1S/C16H24ClN/c1-5-12-18(7-3)16(6-2)13(4)14-8-10-15(17)11-9-14/h8-11,16H,4-7,12H2,1-3H3. The van der Waals surface area contributed by atoms with Crippen molar-refractivity contribution < 1.29 is 0 Å². The summed E-state index contributed by atoms with van der Waals surface area (Å²) in [6.45, 7) is 13.2. The van der Waals surface area contributed by atoms with E-state index in [1.165, 1.54) is 17.6 Å². The Balaban J connectivity index is 2.87. The third-order valence-electron chi connectivity index (χ3n) is 3.36. The molecule has 0 N–H and O–H groups in total. The number of hydrogen-bond acceptors (Lipinski definition) is 1. The highest BCUT2D eigenvalue weighted by atomic mass is 35.5. The van der Waals surface area contributed by atoms with Gasteiger partial charge in [-0.25, -0.2) is 0 Å². The molecular weight excluding hydrogens is 242 g/mol. The van der Waals surface area contributed by atoms with Gasteiger partial charge in [-0.05, 0) is 49.2 Å². The minimum absolute atomic E-state index is 0.427. The van der Waals surface area contributed by atoms with Gasteiger partial charge in [-0.15, -0.1) is 0 Å². The fourth-order valence-electron chi connectivity index (χ4n) is 2.40. The lowest BCUT2D eigenvalue weighted by Gasteiger charge is -2.31. The van der Waals surface area contributed by atoms with E-state index in [0.29, 0.717) is 6.04 Å². The highest BCUT2D eigenvalue weighted by Gasteiger charge is 2.18. The lowest BCUT2D eigenvalue weighted by molar-refractivity contribution is 0.243. The SMILES string of the molecule is C=C(c1ccc(Cl)cc1)C(CC)N(CC)CCC. The van der Waals surface area contributed by atoms with E-state index in [-0.39, 0.29) is 0 Å². The summed E-state index contributed by atoms with van der Waals surface area (Å²) >= 11 is 5.93. The molecule has 0 fully saturated rings. The normalized spacial score (nSPS) is 12.7. The molecule has 0 radical (unpaired) electrons. The molecule has 1 atom stereocenters. The summed E-state index contributed by atoms with van der Waals surface area (Å²) in [6, 6.07) is 8.42. The van der Waals surface area contributed by atoms with E-state index in [0.717, 1.165) is 24.5 Å². The number of hydrogen-bond donors (Lipinski definition) is 0. The Hall–Kier alpha value is -0.790. The van der Waals surface area contributed by atoms with Crippen molar-refractivity contribution in [2.75, 3.05) is 13.1 Å². The molecule has 1 rings (SSSR count). The largest absolute Gasteiger partial charge is 0.297 e. The Morgan fingerprint density at radius 1 is 1.22 bits per heavy atom. The first-order chi connectivity index (χ1) is 8.63. The maximum Gasteiger partial charge on any atom is 0.0406 e. The number of likely N-dealkylation sites (N-methyl/N-ethyl adjacent to an activating group) is 1. The minimum atomic E-state index is 0.427. The van der Waals surface area contributed by atoms with Crippen molar-refractivity contribution in [1.82, 2.24) is 4.90 Å². The molecule has 0 aliphatic carbocycles. The van der Waals surface area contributed by atoms with Crippen LogP contribution in [0.15, 0.2) is 30.8 Å². The molecule has 2 heteroatoms. The van der Waals surface area contributed by atoms with E-state index < -0.39 is 0 Å². The fraction of sp³-hybridized carbons (Fsp3) is 0.500. The average Bonchev–Trinajstić information content (AvgIpc) is 2.39. The van der Waals surface area contributed by atoms with Gasteiger partial charge >= 0.3 is 0 Å². The molecule has 0 saturated heterocycles. The van der Waals surface area contributed by atoms with Crippen LogP contribution in [0.4, 0.5) is 0 Å². The Morgan fingerprint density at radius 2 is 1.83 bits per heavy atom. The molecule has 0 aliphatic heterocycles. The highest BCUT2D eigenvalue weighted by molar-refractivity contribution is 6.30. The van der Waals surface area contributed by atoms with Crippen LogP contribution in [0.1, 0.15) is 39.2 Å². The smallest absolute Gasteiger partial charge is 0.0406 e. The van der Waals surface area contributed by atoms with E-state index >= 15 is 0 Å². The second kappa shape index (κ2) is 7.60. The van der Waals surface area contributed by atoms with Crippen molar-refractivity contribution >= 4 is 17.2 Å². The van der Waals surface area contributed by atoms with Crippen molar-refractivity contribution in [3.63, 3.8) is 0 Å². The molecule has 1 aromatic carbocycles. The summed E-state index contributed by atoms with van der Waals surface area (Å²) in [7, 11) is 0. The molecule has 0 saturated carbocycles. The summed E-state index contributed by atoms with van der Waals surface area (Å²) in [4.78, 5) is 2.50. The lowest BCUT2D eigenvalue weighted by Crippen LogP contribution is -2.36. The first kappa shape index (κ1) is 15.3. The van der Waals surface area contributed by atoms with E-state index in [2.05, 4.69) is 44.4 Å². The molecule has 1 unspecified atom stereocenters. The van der Waals surface area contributed by atoms with Gasteiger partial charge in [-0.2, -0.15) is 0 Å². The number of halogens is 1. The van der Waals surface area contributed by atoms with Crippen LogP contribution in [0.25, 0.3) is 5.57 Å². The molecule has 18 heavy (non-hydrogen) atoms. The Labute approximate surface area is 116 Å². The van der Waals surface area contributed by atoms with Crippen molar-refractivity contribution in [3.8, 4) is 0 Å². The molecule has 0 heterocycles. The highest BCUT2D eigenvalue weighted by Crippen LogP contribution is 2.24. The minimum Gasteiger partial charge on any atom is -0.297 e. The predicted molar refractivity (Wildman–Crippen MR) is 82.1 cm³/mol. The fourth-order valence-corrected chi connectivity index (χ4v) is 2.53. The van der Waals surface area contributed by atoms with Crippen LogP contribution in [0, 0.1) is 0 Å². The number of benzene rings is 1. The molecule has 100 valence electrons. The van der Waals surface area contributed by atoms with Crippen LogP contribution in [-0.4, -0.2) is 24.0 Å². The Kier molecular flexibility index (Phi) is 6.45. The van der Waals surface area contributed by atoms with E-state index in [4.69, 9.17) is 11.6 Å². The van der Waals surface area contributed by atoms with Crippen molar-refractivity contribution in [1.29, 1.82) is 0 Å². The molecule has 0 spiro atoms. The molecule has 0 aliphatic rings. The van der Waals surface area contributed by atoms with Gasteiger partial charge in [0.05, 0.1) is 0 Å². The maximum absolute atomic E-state index is 5.93. The summed E-state index contributed by atoms with van der Waals surface area (Å²) in [5, 5.41) is 0.778. The van der Waals surface area contributed by atoms with Gasteiger partial charge in [0, 0.05) is 11.1 Å². The zero-order valence-electron chi connectivity index (χ0n) is 11.7. The Morgan fingerprint density at radius 3 is 2.28 bits per heavy atom. The summed E-state index contributed by atoms with van der Waals surface area (Å²) in [5.74, 6) is 0. The summed E-state index contributed by atoms with van der Waals surface area (Å²) in [5.41, 5.74) is 2.39. The van der Waals surface area contributed by atoms with Gasteiger partial charge in [0.1, 0.15) is 0 Å². The zero-order chi connectivity index (χ0) is 13.5. The predicted octanol–water partition coefficient (Wildman–Crippen LogP) is 4.86. The maximum atomic E-state index is 5.93. The van der Waals surface area contributed by atoms with Crippen LogP contribution in [0.5, 0.6) is 0 Å². The van der Waals surface area contributed by atoms with E-state index in [1.807, 2.05) is 12.1 Å². The van der Waals surface area contributed by atoms with Crippen LogP contribution in [-0.2, 0) is 0 Å². The lowest BCUT2D eigenvalue weighted by atomic mass is 9.96. The van der Waals surface area contributed by atoms with Crippen molar-refractivity contribution in [2.45, 2.75) is 39.7 Å². The van der Waals surface area contributed by atoms with Gasteiger partial charge in [-0.3, -0.25) is 4.90 Å². The average molecular weight is 266 g/mol. The zero-order valence-corrected chi connectivity index (χ0v) is 12.5. The third kappa shape index (κ3) is 3.86. The van der Waals surface area contributed by atoms with E-state index in [9.17, 15) is 0 Å². The molecular formula is C16H24ClN. The van der Waals surface area contributed by atoms with Gasteiger partial charge in [-0.1, -0.05) is 51.1 Å². The first-order valence-electron chi connectivity index (χ1n) is 6.82. The second-order valence-corrected chi connectivity index (χ2v) is 5.02. The van der Waals surface area contributed by atoms with Gasteiger partial charge in [0.25, 0.3) is 0 Å². The van der Waals surface area contributed by atoms with Crippen molar-refractivity contribution in [3.05, 3.63) is 41.4 Å². The Bertz CT molecular complexity index is 369. The topological polar surface area (TPSA) is 3.24 Å².